The zero-order valence-electron chi connectivity index (χ0n) is 7.93. The predicted octanol–water partition coefficient (Wildman–Crippen LogP) is 4.45. The van der Waals surface area contributed by atoms with Crippen LogP contribution >= 0.6 is 28.1 Å². The van der Waals surface area contributed by atoms with Gasteiger partial charge in [0.05, 0.1) is 15.7 Å². The van der Waals surface area contributed by atoms with Crippen molar-refractivity contribution in [3.8, 4) is 11.3 Å². The van der Waals surface area contributed by atoms with Crippen LogP contribution in [0.5, 0.6) is 0 Å². The smallest absolute Gasteiger partial charge is 0.149 e. The lowest BCUT2D eigenvalue weighted by atomic mass is 10.1. The highest BCUT2D eigenvalue weighted by Gasteiger charge is 2.14. The molecule has 0 saturated heterocycles. The summed E-state index contributed by atoms with van der Waals surface area (Å²) in [7, 11) is 0. The second-order valence-corrected chi connectivity index (χ2v) is 4.48. The zero-order valence-corrected chi connectivity index (χ0v) is 10.3. The fourth-order valence-electron chi connectivity index (χ4n) is 1.36. The molecule has 0 aliphatic heterocycles. The van der Waals surface area contributed by atoms with Crippen molar-refractivity contribution in [2.75, 3.05) is 0 Å². The van der Waals surface area contributed by atoms with Crippen LogP contribution in [0, 0.1) is 16.1 Å². The summed E-state index contributed by atoms with van der Waals surface area (Å²) >= 11 is 7.96. The molecule has 2 aromatic rings. The Morgan fingerprint density at radius 3 is 2.62 bits per heavy atom. The van der Waals surface area contributed by atoms with Crippen molar-refractivity contribution >= 4 is 28.1 Å². The molecule has 1 aromatic heterocycles. The Morgan fingerprint density at radius 1 is 1.19 bits per heavy atom. The van der Waals surface area contributed by atoms with Crippen molar-refractivity contribution in [2.24, 2.45) is 0 Å². The maximum Gasteiger partial charge on any atom is 0.149 e. The van der Waals surface area contributed by atoms with Gasteiger partial charge in [0.2, 0.25) is 0 Å². The minimum absolute atomic E-state index is 0.110. The largest absolute Gasteiger partial charge is 0.361 e. The van der Waals surface area contributed by atoms with Gasteiger partial charge in [0, 0.05) is 10.7 Å². The number of pyridine rings is 1. The van der Waals surface area contributed by atoms with E-state index < -0.39 is 11.6 Å². The Morgan fingerprint density at radius 2 is 1.94 bits per heavy atom. The van der Waals surface area contributed by atoms with Crippen LogP contribution in [-0.2, 0) is 0 Å². The van der Waals surface area contributed by atoms with Crippen molar-refractivity contribution < 1.29 is 8.78 Å². The summed E-state index contributed by atoms with van der Waals surface area (Å²) in [5, 5.41) is 0. The lowest BCUT2D eigenvalue weighted by Crippen LogP contribution is -1.93. The summed E-state index contributed by atoms with van der Waals surface area (Å²) in [4.78, 5) is 2.77. The van der Waals surface area contributed by atoms with Gasteiger partial charge in [0.1, 0.15) is 11.6 Å². The van der Waals surface area contributed by atoms with E-state index in [1.807, 2.05) is 0 Å². The minimum atomic E-state index is -0.642. The topological polar surface area (TPSA) is 15.8 Å². The third-order valence-corrected chi connectivity index (χ3v) is 2.95. The van der Waals surface area contributed by atoms with E-state index in [1.165, 1.54) is 18.2 Å². The number of halogens is 3. The number of benzene rings is 1. The van der Waals surface area contributed by atoms with Gasteiger partial charge in [-0.3, -0.25) is 0 Å². The Balaban J connectivity index is 2.73. The molecule has 2 rings (SSSR count). The fraction of sp³-hybridized carbons (Fsp3) is 0. The highest BCUT2D eigenvalue weighted by Crippen LogP contribution is 2.29. The Kier molecular flexibility index (Phi) is 3.16. The van der Waals surface area contributed by atoms with Crippen LogP contribution in [0.1, 0.15) is 0 Å². The van der Waals surface area contributed by atoms with Gasteiger partial charge >= 0.3 is 0 Å². The van der Waals surface area contributed by atoms with E-state index in [0.717, 1.165) is 0 Å². The highest BCUT2D eigenvalue weighted by molar-refractivity contribution is 9.10. The van der Waals surface area contributed by atoms with Crippen LogP contribution in [0.3, 0.4) is 0 Å². The summed E-state index contributed by atoms with van der Waals surface area (Å²) in [6, 6.07) is 5.69. The molecule has 0 aliphatic rings. The van der Waals surface area contributed by atoms with Crippen molar-refractivity contribution in [1.29, 1.82) is 0 Å². The van der Waals surface area contributed by atoms with Gasteiger partial charge in [-0.25, -0.2) is 8.78 Å². The first kappa shape index (κ1) is 11.4. The molecule has 5 heteroatoms. The molecular formula is C11H6BrF2NS. The highest BCUT2D eigenvalue weighted by atomic mass is 79.9. The van der Waals surface area contributed by atoms with Crippen LogP contribution in [0.15, 0.2) is 34.9 Å². The van der Waals surface area contributed by atoms with E-state index in [0.29, 0.717) is 10.2 Å². The molecule has 0 amide bonds. The SMILES string of the molecule is Fc1ccc(Br)c(F)c1-c1cc(=S)cc[nH]1. The average Bonchev–Trinajstić information content (AvgIpc) is 2.24. The molecule has 0 atom stereocenters. The van der Waals surface area contributed by atoms with Gasteiger partial charge in [-0.05, 0) is 40.2 Å². The van der Waals surface area contributed by atoms with Crippen molar-refractivity contribution in [3.05, 3.63) is 51.1 Å². The zero-order chi connectivity index (χ0) is 11.7. The number of aromatic amines is 1. The lowest BCUT2D eigenvalue weighted by molar-refractivity contribution is 0.584. The summed E-state index contributed by atoms with van der Waals surface area (Å²) in [5.74, 6) is -1.27. The number of hydrogen-bond acceptors (Lipinski definition) is 1. The lowest BCUT2D eigenvalue weighted by Gasteiger charge is -2.06. The number of aromatic nitrogens is 1. The average molecular weight is 302 g/mol. The number of rotatable bonds is 1. The monoisotopic (exact) mass is 301 g/mol. The fourth-order valence-corrected chi connectivity index (χ4v) is 1.88. The molecule has 0 radical (unpaired) electrons. The van der Waals surface area contributed by atoms with Crippen LogP contribution < -0.4 is 0 Å². The summed E-state index contributed by atoms with van der Waals surface area (Å²) in [6.45, 7) is 0. The van der Waals surface area contributed by atoms with Crippen molar-refractivity contribution in [3.63, 3.8) is 0 Å². The Hall–Kier alpha value is -1.07. The van der Waals surface area contributed by atoms with Gasteiger partial charge in [-0.1, -0.05) is 12.2 Å². The first-order valence-electron chi connectivity index (χ1n) is 4.42. The number of H-pyrrole nitrogens is 1. The molecule has 0 spiro atoms. The maximum atomic E-state index is 13.7. The first-order valence-corrected chi connectivity index (χ1v) is 5.62. The Bertz CT molecular complexity index is 595. The number of nitrogens with one attached hydrogen (secondary N) is 1. The molecule has 0 bridgehead atoms. The molecule has 1 nitrogen and oxygen atoms in total. The van der Waals surface area contributed by atoms with Gasteiger partial charge in [0.25, 0.3) is 0 Å². The molecular weight excluding hydrogens is 296 g/mol. The minimum Gasteiger partial charge on any atom is -0.361 e. The predicted molar refractivity (Wildman–Crippen MR) is 64.7 cm³/mol. The van der Waals surface area contributed by atoms with Crippen LogP contribution in [-0.4, -0.2) is 4.98 Å². The normalized spacial score (nSPS) is 10.4. The van der Waals surface area contributed by atoms with Gasteiger partial charge < -0.3 is 4.98 Å². The van der Waals surface area contributed by atoms with Crippen LogP contribution in [0.4, 0.5) is 8.78 Å². The van der Waals surface area contributed by atoms with E-state index in [4.69, 9.17) is 12.2 Å². The molecule has 16 heavy (non-hydrogen) atoms. The summed E-state index contributed by atoms with van der Waals surface area (Å²) in [5.41, 5.74) is 0.213. The van der Waals surface area contributed by atoms with Crippen LogP contribution in [0.25, 0.3) is 11.3 Å². The van der Waals surface area contributed by atoms with E-state index in [1.54, 1.807) is 12.3 Å². The second kappa shape index (κ2) is 4.43. The third kappa shape index (κ3) is 2.05. The standard InChI is InChI=1S/C11H6BrF2NS/c12-7-1-2-8(13)10(11(7)14)9-5-6(16)3-4-15-9/h1-5H,(H,15,16). The maximum absolute atomic E-state index is 13.7. The van der Waals surface area contributed by atoms with Crippen molar-refractivity contribution in [2.45, 2.75) is 0 Å². The van der Waals surface area contributed by atoms with E-state index in [2.05, 4.69) is 20.9 Å². The van der Waals surface area contributed by atoms with Crippen molar-refractivity contribution in [1.82, 2.24) is 4.98 Å². The Labute approximate surface area is 104 Å². The van der Waals surface area contributed by atoms with E-state index in [9.17, 15) is 8.78 Å². The molecule has 1 N–H and O–H groups in total. The van der Waals surface area contributed by atoms with E-state index >= 15 is 0 Å². The molecule has 0 saturated carbocycles. The van der Waals surface area contributed by atoms with Gasteiger partial charge in [0.15, 0.2) is 0 Å². The number of hydrogen-bond donors (Lipinski definition) is 1. The molecule has 82 valence electrons. The second-order valence-electron chi connectivity index (χ2n) is 3.16. The molecule has 0 aliphatic carbocycles. The molecule has 1 aromatic carbocycles. The van der Waals surface area contributed by atoms with E-state index in [-0.39, 0.29) is 10.0 Å². The van der Waals surface area contributed by atoms with Gasteiger partial charge in [-0.2, -0.15) is 0 Å². The third-order valence-electron chi connectivity index (χ3n) is 2.09. The quantitative estimate of drug-likeness (QED) is 0.608. The molecule has 0 fully saturated rings. The first-order chi connectivity index (χ1) is 7.59. The van der Waals surface area contributed by atoms with Gasteiger partial charge in [-0.15, -0.1) is 0 Å². The molecule has 0 unspecified atom stereocenters. The molecule has 1 heterocycles. The summed E-state index contributed by atoms with van der Waals surface area (Å²) < 4.78 is 28.0. The summed E-state index contributed by atoms with van der Waals surface area (Å²) in [6.07, 6.45) is 1.55. The van der Waals surface area contributed by atoms with Crippen LogP contribution in [0.2, 0.25) is 0 Å².